The molecule has 0 aliphatic heterocycles. The average molecular weight is 371 g/mol. The van der Waals surface area contributed by atoms with Crippen LogP contribution in [-0.4, -0.2) is 22.1 Å². The number of para-hydroxylation sites is 2. The zero-order valence-electron chi connectivity index (χ0n) is 15.2. The number of fused-ring (bicyclic) bond motifs is 1. The Kier molecular flexibility index (Phi) is 5.08. The lowest BCUT2D eigenvalue weighted by molar-refractivity contribution is -0.118. The SMILES string of the molecule is CCOc1ccccc1NC(=O)C(C)n1cnc2sc(C)c(C)c2c1=O. The van der Waals surface area contributed by atoms with Gasteiger partial charge in [-0.05, 0) is 45.4 Å². The number of amides is 1. The van der Waals surface area contributed by atoms with Crippen LogP contribution in [0.1, 0.15) is 30.3 Å². The van der Waals surface area contributed by atoms with E-state index in [-0.39, 0.29) is 11.5 Å². The first-order chi connectivity index (χ1) is 12.4. The van der Waals surface area contributed by atoms with Gasteiger partial charge in [-0.15, -0.1) is 11.3 Å². The molecule has 1 amide bonds. The van der Waals surface area contributed by atoms with Crippen LogP contribution in [0.25, 0.3) is 10.2 Å². The predicted molar refractivity (Wildman–Crippen MR) is 104 cm³/mol. The first kappa shape index (κ1) is 18.1. The van der Waals surface area contributed by atoms with Crippen LogP contribution < -0.4 is 15.6 Å². The number of hydrogen-bond acceptors (Lipinski definition) is 5. The number of carbonyl (C=O) groups is 1. The molecule has 1 N–H and O–H groups in total. The largest absolute Gasteiger partial charge is 0.492 e. The van der Waals surface area contributed by atoms with E-state index in [4.69, 9.17) is 4.74 Å². The van der Waals surface area contributed by atoms with Gasteiger partial charge >= 0.3 is 0 Å². The summed E-state index contributed by atoms with van der Waals surface area (Å²) in [6.45, 7) is 7.94. The molecule has 3 aromatic rings. The van der Waals surface area contributed by atoms with Crippen LogP contribution in [0.2, 0.25) is 0 Å². The molecule has 0 spiro atoms. The van der Waals surface area contributed by atoms with Crippen LogP contribution in [0.15, 0.2) is 35.4 Å². The molecule has 1 unspecified atom stereocenters. The zero-order chi connectivity index (χ0) is 18.8. The summed E-state index contributed by atoms with van der Waals surface area (Å²) in [6, 6.07) is 6.52. The zero-order valence-corrected chi connectivity index (χ0v) is 16.0. The molecule has 0 aliphatic rings. The van der Waals surface area contributed by atoms with Crippen molar-refractivity contribution < 1.29 is 9.53 Å². The molecule has 2 heterocycles. The van der Waals surface area contributed by atoms with Crippen molar-refractivity contribution in [2.45, 2.75) is 33.7 Å². The van der Waals surface area contributed by atoms with Gasteiger partial charge < -0.3 is 10.1 Å². The van der Waals surface area contributed by atoms with Crippen molar-refractivity contribution in [3.05, 3.63) is 51.4 Å². The molecule has 2 aromatic heterocycles. The Hall–Kier alpha value is -2.67. The molecule has 0 fully saturated rings. The molecule has 0 radical (unpaired) electrons. The number of anilines is 1. The molecule has 0 bridgehead atoms. The number of carbonyl (C=O) groups excluding carboxylic acids is 1. The highest BCUT2D eigenvalue weighted by atomic mass is 32.1. The number of aromatic nitrogens is 2. The normalized spacial score (nSPS) is 12.2. The summed E-state index contributed by atoms with van der Waals surface area (Å²) >= 11 is 1.49. The molecule has 7 heteroatoms. The van der Waals surface area contributed by atoms with Crippen molar-refractivity contribution in [2.24, 2.45) is 0 Å². The summed E-state index contributed by atoms with van der Waals surface area (Å²) < 4.78 is 6.90. The highest BCUT2D eigenvalue weighted by Gasteiger charge is 2.20. The molecular weight excluding hydrogens is 350 g/mol. The average Bonchev–Trinajstić information content (AvgIpc) is 2.91. The van der Waals surface area contributed by atoms with E-state index in [2.05, 4.69) is 10.3 Å². The summed E-state index contributed by atoms with van der Waals surface area (Å²) in [5.74, 6) is 0.297. The first-order valence-corrected chi connectivity index (χ1v) is 9.25. The fourth-order valence-corrected chi connectivity index (χ4v) is 3.73. The van der Waals surface area contributed by atoms with E-state index in [9.17, 15) is 9.59 Å². The van der Waals surface area contributed by atoms with Crippen LogP contribution in [0.4, 0.5) is 5.69 Å². The predicted octanol–water partition coefficient (Wildman–Crippen LogP) is 3.67. The van der Waals surface area contributed by atoms with Crippen LogP contribution >= 0.6 is 11.3 Å². The molecular formula is C19H21N3O3S. The molecule has 1 aromatic carbocycles. The van der Waals surface area contributed by atoms with Gasteiger partial charge in [0.15, 0.2) is 0 Å². The molecule has 3 rings (SSSR count). The highest BCUT2D eigenvalue weighted by Crippen LogP contribution is 2.27. The number of benzene rings is 1. The minimum Gasteiger partial charge on any atom is -0.492 e. The minimum absolute atomic E-state index is 0.197. The van der Waals surface area contributed by atoms with Gasteiger partial charge in [0.1, 0.15) is 16.6 Å². The van der Waals surface area contributed by atoms with E-state index in [0.717, 1.165) is 10.4 Å². The summed E-state index contributed by atoms with van der Waals surface area (Å²) in [6.07, 6.45) is 1.44. The second kappa shape index (κ2) is 7.29. The number of aryl methyl sites for hydroxylation is 2. The van der Waals surface area contributed by atoms with Gasteiger partial charge in [0, 0.05) is 4.88 Å². The highest BCUT2D eigenvalue weighted by molar-refractivity contribution is 7.18. The Morgan fingerprint density at radius 3 is 2.81 bits per heavy atom. The number of nitrogens with zero attached hydrogens (tertiary/aromatic N) is 2. The van der Waals surface area contributed by atoms with Crippen molar-refractivity contribution in [3.63, 3.8) is 0 Å². The van der Waals surface area contributed by atoms with Gasteiger partial charge in [-0.3, -0.25) is 14.2 Å². The molecule has 136 valence electrons. The number of ether oxygens (including phenoxy) is 1. The summed E-state index contributed by atoms with van der Waals surface area (Å²) in [7, 11) is 0. The standard InChI is InChI=1S/C19H21N3O3S/c1-5-25-15-9-7-6-8-14(15)21-17(23)12(3)22-10-20-18-16(19(22)24)11(2)13(4)26-18/h6-10,12H,5H2,1-4H3,(H,21,23). The van der Waals surface area contributed by atoms with Gasteiger partial charge in [0.2, 0.25) is 5.91 Å². The van der Waals surface area contributed by atoms with E-state index < -0.39 is 6.04 Å². The Bertz CT molecular complexity index is 1020. The summed E-state index contributed by atoms with van der Waals surface area (Å²) in [5.41, 5.74) is 1.31. The number of nitrogens with one attached hydrogen (secondary N) is 1. The van der Waals surface area contributed by atoms with Crippen molar-refractivity contribution in [1.82, 2.24) is 9.55 Å². The van der Waals surface area contributed by atoms with E-state index in [1.54, 1.807) is 19.1 Å². The summed E-state index contributed by atoms with van der Waals surface area (Å²) in [5, 5.41) is 3.43. The smallest absolute Gasteiger partial charge is 0.263 e. The number of thiophene rings is 1. The lowest BCUT2D eigenvalue weighted by atomic mass is 10.2. The second-order valence-electron chi connectivity index (χ2n) is 6.01. The van der Waals surface area contributed by atoms with E-state index >= 15 is 0 Å². The lowest BCUT2D eigenvalue weighted by Crippen LogP contribution is -2.31. The summed E-state index contributed by atoms with van der Waals surface area (Å²) in [4.78, 5) is 31.7. The second-order valence-corrected chi connectivity index (χ2v) is 7.22. The third-order valence-corrected chi connectivity index (χ3v) is 5.47. The lowest BCUT2D eigenvalue weighted by Gasteiger charge is -2.16. The Morgan fingerprint density at radius 2 is 2.08 bits per heavy atom. The van der Waals surface area contributed by atoms with Crippen LogP contribution in [0, 0.1) is 13.8 Å². The van der Waals surface area contributed by atoms with Gasteiger partial charge in [-0.1, -0.05) is 12.1 Å². The van der Waals surface area contributed by atoms with Gasteiger partial charge in [0.25, 0.3) is 5.56 Å². The fourth-order valence-electron chi connectivity index (χ4n) is 2.74. The van der Waals surface area contributed by atoms with Crippen molar-refractivity contribution in [1.29, 1.82) is 0 Å². The minimum atomic E-state index is -0.700. The molecule has 0 aliphatic carbocycles. The molecule has 26 heavy (non-hydrogen) atoms. The topological polar surface area (TPSA) is 73.2 Å². The maximum absolute atomic E-state index is 12.9. The monoisotopic (exact) mass is 371 g/mol. The maximum atomic E-state index is 12.9. The van der Waals surface area contributed by atoms with Crippen LogP contribution in [0.3, 0.4) is 0 Å². The Balaban J connectivity index is 1.92. The van der Waals surface area contributed by atoms with E-state index in [1.165, 1.54) is 22.2 Å². The third kappa shape index (κ3) is 3.22. The number of hydrogen-bond donors (Lipinski definition) is 1. The number of rotatable bonds is 5. The van der Waals surface area contributed by atoms with Crippen LogP contribution in [-0.2, 0) is 4.79 Å². The third-order valence-electron chi connectivity index (χ3n) is 4.36. The van der Waals surface area contributed by atoms with Crippen LogP contribution in [0.5, 0.6) is 5.75 Å². The van der Waals surface area contributed by atoms with Crippen molar-refractivity contribution in [3.8, 4) is 5.75 Å². The molecule has 0 saturated heterocycles. The van der Waals surface area contributed by atoms with E-state index in [0.29, 0.717) is 28.3 Å². The Labute approximate surface area is 155 Å². The maximum Gasteiger partial charge on any atom is 0.263 e. The molecule has 0 saturated carbocycles. The fraction of sp³-hybridized carbons (Fsp3) is 0.316. The van der Waals surface area contributed by atoms with Crippen molar-refractivity contribution in [2.75, 3.05) is 11.9 Å². The van der Waals surface area contributed by atoms with E-state index in [1.807, 2.05) is 32.9 Å². The molecule has 6 nitrogen and oxygen atoms in total. The van der Waals surface area contributed by atoms with Gasteiger partial charge in [0.05, 0.1) is 24.0 Å². The van der Waals surface area contributed by atoms with Gasteiger partial charge in [-0.25, -0.2) is 4.98 Å². The van der Waals surface area contributed by atoms with Crippen molar-refractivity contribution >= 4 is 33.1 Å². The quantitative estimate of drug-likeness (QED) is 0.743. The Morgan fingerprint density at radius 1 is 1.35 bits per heavy atom. The molecule has 1 atom stereocenters. The first-order valence-electron chi connectivity index (χ1n) is 8.43. The van der Waals surface area contributed by atoms with Gasteiger partial charge in [-0.2, -0.15) is 0 Å².